The molecule has 3 heterocycles. The van der Waals surface area contributed by atoms with Crippen LogP contribution in [-0.2, 0) is 9.63 Å². The summed E-state index contributed by atoms with van der Waals surface area (Å²) in [5.74, 6) is 1.55. The summed E-state index contributed by atoms with van der Waals surface area (Å²) < 4.78 is 5.81. The highest BCUT2D eigenvalue weighted by atomic mass is 16.7. The van der Waals surface area contributed by atoms with Crippen molar-refractivity contribution in [2.75, 3.05) is 67.5 Å². The number of anilines is 5. The molecule has 2 aliphatic rings. The zero-order valence-electron chi connectivity index (χ0n) is 26.9. The first kappa shape index (κ1) is 31.1. The minimum Gasteiger partial charge on any atom is -0.494 e. The summed E-state index contributed by atoms with van der Waals surface area (Å²) in [6.07, 6.45) is 3.62. The highest BCUT2D eigenvalue weighted by Gasteiger charge is 2.30. The Labute approximate surface area is 270 Å². The third-order valence-electron chi connectivity index (χ3n) is 8.84. The van der Waals surface area contributed by atoms with Crippen molar-refractivity contribution in [3.05, 3.63) is 96.3 Å². The molecule has 1 amide bonds. The van der Waals surface area contributed by atoms with Crippen molar-refractivity contribution in [3.8, 4) is 16.9 Å². The van der Waals surface area contributed by atoms with Gasteiger partial charge in [0.2, 0.25) is 5.91 Å². The van der Waals surface area contributed by atoms with Crippen LogP contribution in [0.5, 0.6) is 5.75 Å². The third-order valence-corrected chi connectivity index (χ3v) is 8.84. The van der Waals surface area contributed by atoms with E-state index in [1.165, 1.54) is 34.7 Å². The van der Waals surface area contributed by atoms with Crippen LogP contribution in [0.3, 0.4) is 0 Å². The van der Waals surface area contributed by atoms with E-state index in [1.807, 2.05) is 23.3 Å². The van der Waals surface area contributed by atoms with Gasteiger partial charge in [-0.05, 0) is 66.9 Å². The van der Waals surface area contributed by atoms with Gasteiger partial charge in [0.05, 0.1) is 36.8 Å². The van der Waals surface area contributed by atoms with Crippen LogP contribution >= 0.6 is 0 Å². The molecular weight excluding hydrogens is 578 g/mol. The van der Waals surface area contributed by atoms with Crippen molar-refractivity contribution in [1.29, 1.82) is 0 Å². The minimum atomic E-state index is -0.283. The number of piperazine rings is 1. The Bertz CT molecular complexity index is 1730. The fourth-order valence-corrected chi connectivity index (χ4v) is 6.08. The smallest absolute Gasteiger partial charge is 0.247 e. The van der Waals surface area contributed by atoms with Crippen molar-refractivity contribution in [2.24, 2.45) is 0 Å². The van der Waals surface area contributed by atoms with E-state index in [0.717, 1.165) is 43.9 Å². The average molecular weight is 620 g/mol. The zero-order valence-corrected chi connectivity index (χ0v) is 26.9. The highest BCUT2D eigenvalue weighted by Crippen LogP contribution is 2.40. The highest BCUT2D eigenvalue weighted by molar-refractivity contribution is 6.02. The predicted molar refractivity (Wildman–Crippen MR) is 184 cm³/mol. The number of hydroxylamine groups is 1. The van der Waals surface area contributed by atoms with Gasteiger partial charge in [0.1, 0.15) is 17.9 Å². The molecule has 0 unspecified atom stereocenters. The van der Waals surface area contributed by atoms with E-state index in [4.69, 9.17) is 9.57 Å². The van der Waals surface area contributed by atoms with E-state index in [1.54, 1.807) is 7.11 Å². The van der Waals surface area contributed by atoms with Crippen molar-refractivity contribution in [2.45, 2.75) is 26.3 Å². The molecule has 238 valence electrons. The summed E-state index contributed by atoms with van der Waals surface area (Å²) >= 11 is 0. The van der Waals surface area contributed by atoms with E-state index in [9.17, 15) is 4.79 Å². The Kier molecular flexibility index (Phi) is 9.18. The summed E-state index contributed by atoms with van der Waals surface area (Å²) in [7, 11) is 3.75. The maximum Gasteiger partial charge on any atom is 0.247 e. The van der Waals surface area contributed by atoms with Crippen LogP contribution in [-0.4, -0.2) is 67.7 Å². The first-order chi connectivity index (χ1) is 22.3. The number of methoxy groups -OCH3 is 1. The van der Waals surface area contributed by atoms with Gasteiger partial charge in [0.25, 0.3) is 0 Å². The number of amides is 1. The first-order valence-electron chi connectivity index (χ1n) is 15.6. The van der Waals surface area contributed by atoms with Crippen LogP contribution in [0.15, 0.2) is 79.6 Å². The quantitative estimate of drug-likeness (QED) is 0.210. The molecule has 0 aliphatic carbocycles. The lowest BCUT2D eigenvalue weighted by molar-refractivity contribution is -0.111. The minimum absolute atomic E-state index is 0.00839. The normalized spacial score (nSPS) is 16.7. The Morgan fingerprint density at radius 3 is 2.61 bits per heavy atom. The molecule has 10 heteroatoms. The number of carbonyl (C=O) groups excluding carboxylic acids is 1. The van der Waals surface area contributed by atoms with Crippen LogP contribution in [0.4, 0.5) is 28.7 Å². The van der Waals surface area contributed by atoms with Crippen molar-refractivity contribution in [3.63, 3.8) is 0 Å². The third kappa shape index (κ3) is 6.54. The molecule has 6 rings (SSSR count). The average Bonchev–Trinajstić information content (AvgIpc) is 3.57. The number of nitrogens with zero attached hydrogens (tertiary/aromatic N) is 5. The molecule has 10 nitrogen and oxygen atoms in total. The van der Waals surface area contributed by atoms with Gasteiger partial charge in [-0.3, -0.25) is 9.63 Å². The van der Waals surface area contributed by atoms with Crippen LogP contribution < -0.4 is 25.3 Å². The number of hydrogen-bond acceptors (Lipinski definition) is 9. The van der Waals surface area contributed by atoms with Gasteiger partial charge in [-0.25, -0.2) is 15.0 Å². The summed E-state index contributed by atoms with van der Waals surface area (Å²) in [6.45, 7) is 12.1. The van der Waals surface area contributed by atoms with Crippen LogP contribution in [0.25, 0.3) is 11.1 Å². The summed E-state index contributed by atoms with van der Waals surface area (Å²) in [5.41, 5.74) is 8.35. The first-order valence-corrected chi connectivity index (χ1v) is 15.6. The molecule has 4 aromatic rings. The predicted octanol–water partition coefficient (Wildman–Crippen LogP) is 6.27. The van der Waals surface area contributed by atoms with E-state index >= 15 is 0 Å². The summed E-state index contributed by atoms with van der Waals surface area (Å²) in [6, 6.07) is 20.8. The monoisotopic (exact) mass is 619 g/mol. The molecule has 3 aromatic carbocycles. The number of aryl methyl sites for hydroxylation is 1. The number of benzene rings is 3. The molecule has 0 saturated carbocycles. The fourth-order valence-electron chi connectivity index (χ4n) is 6.08. The van der Waals surface area contributed by atoms with Crippen molar-refractivity contribution < 1.29 is 14.4 Å². The molecular formula is C36H41N7O3. The second kappa shape index (κ2) is 13.6. The van der Waals surface area contributed by atoms with Crippen LogP contribution in [0.1, 0.15) is 29.2 Å². The van der Waals surface area contributed by atoms with Crippen molar-refractivity contribution >= 4 is 34.6 Å². The second-order valence-electron chi connectivity index (χ2n) is 11.8. The maximum absolute atomic E-state index is 12.4. The van der Waals surface area contributed by atoms with Crippen LogP contribution in [0, 0.1) is 13.8 Å². The van der Waals surface area contributed by atoms with Gasteiger partial charge in [-0.1, -0.05) is 43.0 Å². The Balaban J connectivity index is 1.28. The number of aromatic nitrogens is 2. The second-order valence-corrected chi connectivity index (χ2v) is 11.8. The van der Waals surface area contributed by atoms with Gasteiger partial charge in [0.15, 0.2) is 5.82 Å². The lowest BCUT2D eigenvalue weighted by Crippen LogP contribution is -2.44. The summed E-state index contributed by atoms with van der Waals surface area (Å²) in [4.78, 5) is 32.2. The Morgan fingerprint density at radius 1 is 1.02 bits per heavy atom. The van der Waals surface area contributed by atoms with Crippen LogP contribution in [0.2, 0.25) is 0 Å². The van der Waals surface area contributed by atoms with E-state index < -0.39 is 0 Å². The summed E-state index contributed by atoms with van der Waals surface area (Å²) in [5, 5.41) is 8.24. The molecule has 1 aromatic heterocycles. The number of nitrogens with one attached hydrogen (secondary N) is 2. The molecule has 0 radical (unpaired) electrons. The molecule has 46 heavy (non-hydrogen) atoms. The largest absolute Gasteiger partial charge is 0.494 e. The van der Waals surface area contributed by atoms with Gasteiger partial charge in [-0.2, -0.15) is 0 Å². The lowest BCUT2D eigenvalue weighted by atomic mass is 9.94. The number of carbonyl (C=O) groups is 1. The number of likely N-dealkylation sites (N-methyl/N-ethyl adjacent to an activating group) is 1. The standard InChI is InChI=1S/C36H41N7O3/c1-6-36(44)40-29-20-30(33(45-5)21-32(29)42-16-14-41(4)15-17-42)39-34-22-35(38-23-37-34)43-31(13-18-46-43)27-11-8-10-26(19-27)28-12-7-9-24(2)25(28)3/h6-12,19-23,31H,1,13-18H2,2-5H3,(H,40,44)(H,37,38,39)/t31-/m1/s1. The van der Waals surface area contributed by atoms with E-state index in [2.05, 4.69) is 100 Å². The van der Waals surface area contributed by atoms with Crippen molar-refractivity contribution in [1.82, 2.24) is 14.9 Å². The molecule has 1 atom stereocenters. The lowest BCUT2D eigenvalue weighted by Gasteiger charge is -2.35. The van der Waals surface area contributed by atoms with E-state index in [-0.39, 0.29) is 11.9 Å². The van der Waals surface area contributed by atoms with Gasteiger partial charge in [-0.15, -0.1) is 0 Å². The topological polar surface area (TPSA) is 95.1 Å². The van der Waals surface area contributed by atoms with Gasteiger partial charge in [0, 0.05) is 44.7 Å². The molecule has 0 bridgehead atoms. The van der Waals surface area contributed by atoms with Gasteiger partial charge < -0.3 is 25.2 Å². The van der Waals surface area contributed by atoms with E-state index in [0.29, 0.717) is 35.4 Å². The number of hydrogen-bond donors (Lipinski definition) is 2. The number of ether oxygens (including phenoxy) is 1. The fraction of sp³-hybridized carbons (Fsp3) is 0.306. The SMILES string of the molecule is C=CC(=O)Nc1cc(Nc2cc(N3OCC[C@@H]3c3cccc(-c4cccc(C)c4C)c3)ncn2)c(OC)cc1N1CCN(C)CC1. The molecule has 2 aliphatic heterocycles. The molecule has 2 N–H and O–H groups in total. The molecule has 0 spiro atoms. The van der Waals surface area contributed by atoms with Gasteiger partial charge >= 0.3 is 0 Å². The number of rotatable bonds is 9. The zero-order chi connectivity index (χ0) is 32.2. The Hall–Kier alpha value is -4.93. The maximum atomic E-state index is 12.4. The Morgan fingerprint density at radius 2 is 1.83 bits per heavy atom. The molecule has 2 saturated heterocycles. The molecule has 2 fully saturated rings.